The minimum atomic E-state index is -3.77. The summed E-state index contributed by atoms with van der Waals surface area (Å²) >= 11 is 0. The van der Waals surface area contributed by atoms with Crippen molar-refractivity contribution in [2.75, 3.05) is 18.4 Å². The van der Waals surface area contributed by atoms with Crippen LogP contribution in [0, 0.1) is 6.92 Å². The van der Waals surface area contributed by atoms with Gasteiger partial charge in [0.2, 0.25) is 15.9 Å². The zero-order valence-electron chi connectivity index (χ0n) is 15.3. The Hall–Kier alpha value is -2.70. The molecule has 5 nitrogen and oxygen atoms in total. The van der Waals surface area contributed by atoms with Gasteiger partial charge in [0.25, 0.3) is 0 Å². The highest BCUT2D eigenvalue weighted by Gasteiger charge is 2.25. The van der Waals surface area contributed by atoms with Crippen LogP contribution in [-0.2, 0) is 14.8 Å². The molecule has 0 unspecified atom stereocenters. The average molecular weight is 382 g/mol. The van der Waals surface area contributed by atoms with E-state index in [-0.39, 0.29) is 23.9 Å². The quantitative estimate of drug-likeness (QED) is 0.705. The predicted molar refractivity (Wildman–Crippen MR) is 108 cm³/mol. The number of aryl methyl sites for hydroxylation is 1. The van der Waals surface area contributed by atoms with Crippen LogP contribution in [0.2, 0.25) is 0 Å². The van der Waals surface area contributed by atoms with Crippen molar-refractivity contribution in [1.29, 1.82) is 0 Å². The Morgan fingerprint density at radius 3 is 2.33 bits per heavy atom. The molecule has 3 aromatic carbocycles. The largest absolute Gasteiger partial charge is 0.325 e. The SMILES string of the molecule is CCN(CC(=O)Nc1ccccc1C)S(=O)(=O)c1ccc2ccccc2c1. The third kappa shape index (κ3) is 4.18. The maximum Gasteiger partial charge on any atom is 0.243 e. The number of hydrogen-bond donors (Lipinski definition) is 1. The smallest absolute Gasteiger partial charge is 0.243 e. The summed E-state index contributed by atoms with van der Waals surface area (Å²) in [6.07, 6.45) is 0. The molecule has 0 aliphatic carbocycles. The second-order valence-corrected chi connectivity index (χ2v) is 8.24. The first-order chi connectivity index (χ1) is 12.9. The number of likely N-dealkylation sites (N-methyl/N-ethyl adjacent to an activating group) is 1. The van der Waals surface area contributed by atoms with Crippen LogP contribution >= 0.6 is 0 Å². The van der Waals surface area contributed by atoms with Gasteiger partial charge >= 0.3 is 0 Å². The normalized spacial score (nSPS) is 11.7. The van der Waals surface area contributed by atoms with Gasteiger partial charge in [-0.3, -0.25) is 4.79 Å². The molecule has 0 saturated heterocycles. The van der Waals surface area contributed by atoms with E-state index in [2.05, 4.69) is 5.32 Å². The Bertz CT molecular complexity index is 1080. The molecule has 0 heterocycles. The van der Waals surface area contributed by atoms with E-state index in [0.29, 0.717) is 5.69 Å². The summed E-state index contributed by atoms with van der Waals surface area (Å²) in [6, 6.07) is 20.0. The number of nitrogens with one attached hydrogen (secondary N) is 1. The molecule has 0 spiro atoms. The summed E-state index contributed by atoms with van der Waals surface area (Å²) in [6.45, 7) is 3.58. The number of hydrogen-bond acceptors (Lipinski definition) is 3. The maximum atomic E-state index is 13.0. The van der Waals surface area contributed by atoms with Crippen LogP contribution in [0.3, 0.4) is 0 Å². The molecule has 0 radical (unpaired) electrons. The number of para-hydroxylation sites is 1. The van der Waals surface area contributed by atoms with E-state index in [1.807, 2.05) is 49.4 Å². The van der Waals surface area contributed by atoms with Gasteiger partial charge in [0.15, 0.2) is 0 Å². The molecule has 0 aromatic heterocycles. The number of carbonyl (C=O) groups excluding carboxylic acids is 1. The van der Waals surface area contributed by atoms with Crippen LogP contribution in [0.15, 0.2) is 71.6 Å². The number of amides is 1. The predicted octanol–water partition coefficient (Wildman–Crippen LogP) is 3.80. The molecule has 140 valence electrons. The molecular formula is C21H22N2O3S. The van der Waals surface area contributed by atoms with E-state index < -0.39 is 10.0 Å². The number of nitrogens with zero attached hydrogens (tertiary/aromatic N) is 1. The van der Waals surface area contributed by atoms with Crippen molar-refractivity contribution >= 4 is 32.4 Å². The highest BCUT2D eigenvalue weighted by atomic mass is 32.2. The molecule has 0 fully saturated rings. The highest BCUT2D eigenvalue weighted by Crippen LogP contribution is 2.22. The molecular weight excluding hydrogens is 360 g/mol. The summed E-state index contributed by atoms with van der Waals surface area (Å²) < 4.78 is 27.2. The van der Waals surface area contributed by atoms with Crippen molar-refractivity contribution in [2.24, 2.45) is 0 Å². The zero-order valence-corrected chi connectivity index (χ0v) is 16.2. The fourth-order valence-corrected chi connectivity index (χ4v) is 4.35. The summed E-state index contributed by atoms with van der Waals surface area (Å²) in [5.74, 6) is -0.365. The fourth-order valence-electron chi connectivity index (χ4n) is 2.91. The summed E-state index contributed by atoms with van der Waals surface area (Å²) in [7, 11) is -3.77. The van der Waals surface area contributed by atoms with Crippen molar-refractivity contribution in [1.82, 2.24) is 4.31 Å². The Balaban J connectivity index is 1.82. The first-order valence-electron chi connectivity index (χ1n) is 8.76. The third-order valence-corrected chi connectivity index (χ3v) is 6.37. The van der Waals surface area contributed by atoms with Crippen LogP contribution in [-0.4, -0.2) is 31.7 Å². The molecule has 27 heavy (non-hydrogen) atoms. The Morgan fingerprint density at radius 1 is 0.963 bits per heavy atom. The summed E-state index contributed by atoms with van der Waals surface area (Å²) in [4.78, 5) is 12.6. The van der Waals surface area contributed by atoms with Crippen molar-refractivity contribution in [3.8, 4) is 0 Å². The molecule has 0 aliphatic rings. The summed E-state index contributed by atoms with van der Waals surface area (Å²) in [5, 5.41) is 4.60. The summed E-state index contributed by atoms with van der Waals surface area (Å²) in [5.41, 5.74) is 1.60. The van der Waals surface area contributed by atoms with Gasteiger partial charge in [-0.05, 0) is 41.5 Å². The number of fused-ring (bicyclic) bond motifs is 1. The molecule has 0 atom stereocenters. The van der Waals surface area contributed by atoms with E-state index in [1.165, 1.54) is 4.31 Å². The van der Waals surface area contributed by atoms with Gasteiger partial charge in [0.1, 0.15) is 0 Å². The van der Waals surface area contributed by atoms with E-state index in [0.717, 1.165) is 16.3 Å². The topological polar surface area (TPSA) is 66.5 Å². The number of rotatable bonds is 6. The fraction of sp³-hybridized carbons (Fsp3) is 0.190. The lowest BCUT2D eigenvalue weighted by Gasteiger charge is -2.20. The Kier molecular flexibility index (Phi) is 5.58. The molecule has 1 amide bonds. The standard InChI is InChI=1S/C21H22N2O3S/c1-3-23(15-21(24)22-20-11-7-4-8-16(20)2)27(25,26)19-13-12-17-9-5-6-10-18(17)14-19/h4-14H,3,15H2,1-2H3,(H,22,24). The first-order valence-corrected chi connectivity index (χ1v) is 10.2. The lowest BCUT2D eigenvalue weighted by Crippen LogP contribution is -2.37. The number of sulfonamides is 1. The van der Waals surface area contributed by atoms with Crippen molar-refractivity contribution in [2.45, 2.75) is 18.7 Å². The van der Waals surface area contributed by atoms with Gasteiger partial charge in [0.05, 0.1) is 11.4 Å². The monoisotopic (exact) mass is 382 g/mol. The molecule has 3 aromatic rings. The third-order valence-electron chi connectivity index (χ3n) is 4.45. The van der Waals surface area contributed by atoms with E-state index in [4.69, 9.17) is 0 Å². The van der Waals surface area contributed by atoms with Crippen LogP contribution in [0.5, 0.6) is 0 Å². The average Bonchev–Trinajstić information content (AvgIpc) is 2.67. The van der Waals surface area contributed by atoms with Gasteiger partial charge in [0, 0.05) is 12.2 Å². The molecule has 1 N–H and O–H groups in total. The Morgan fingerprint density at radius 2 is 1.63 bits per heavy atom. The van der Waals surface area contributed by atoms with Gasteiger partial charge in [-0.1, -0.05) is 55.5 Å². The van der Waals surface area contributed by atoms with Crippen LogP contribution in [0.1, 0.15) is 12.5 Å². The minimum absolute atomic E-state index is 0.187. The number of carbonyl (C=O) groups is 1. The van der Waals surface area contributed by atoms with E-state index in [9.17, 15) is 13.2 Å². The van der Waals surface area contributed by atoms with Crippen molar-refractivity contribution in [3.05, 3.63) is 72.3 Å². The van der Waals surface area contributed by atoms with Crippen LogP contribution in [0.4, 0.5) is 5.69 Å². The zero-order chi connectivity index (χ0) is 19.4. The Labute approximate surface area is 159 Å². The van der Waals surface area contributed by atoms with Crippen LogP contribution < -0.4 is 5.32 Å². The number of benzene rings is 3. The van der Waals surface area contributed by atoms with Crippen LogP contribution in [0.25, 0.3) is 10.8 Å². The lowest BCUT2D eigenvalue weighted by molar-refractivity contribution is -0.116. The molecule has 0 saturated carbocycles. The molecule has 6 heteroatoms. The second kappa shape index (κ2) is 7.90. The second-order valence-electron chi connectivity index (χ2n) is 6.30. The lowest BCUT2D eigenvalue weighted by atomic mass is 10.1. The maximum absolute atomic E-state index is 13.0. The minimum Gasteiger partial charge on any atom is -0.325 e. The van der Waals surface area contributed by atoms with Crippen molar-refractivity contribution < 1.29 is 13.2 Å². The van der Waals surface area contributed by atoms with Gasteiger partial charge in [-0.2, -0.15) is 4.31 Å². The highest BCUT2D eigenvalue weighted by molar-refractivity contribution is 7.89. The van der Waals surface area contributed by atoms with Gasteiger partial charge in [-0.15, -0.1) is 0 Å². The molecule has 0 bridgehead atoms. The van der Waals surface area contributed by atoms with Gasteiger partial charge < -0.3 is 5.32 Å². The van der Waals surface area contributed by atoms with E-state index >= 15 is 0 Å². The molecule has 0 aliphatic heterocycles. The van der Waals surface area contributed by atoms with E-state index in [1.54, 1.807) is 31.2 Å². The number of anilines is 1. The molecule has 3 rings (SSSR count). The van der Waals surface area contributed by atoms with Crippen molar-refractivity contribution in [3.63, 3.8) is 0 Å². The first kappa shape index (κ1) is 19.1. The van der Waals surface area contributed by atoms with Gasteiger partial charge in [-0.25, -0.2) is 8.42 Å².